The number of nitrogens with zero attached hydrogens (tertiary/aromatic N) is 1. The van der Waals surface area contributed by atoms with Crippen molar-refractivity contribution < 1.29 is 0 Å². The third kappa shape index (κ3) is 4.05. The van der Waals surface area contributed by atoms with Gasteiger partial charge in [0.05, 0.1) is 11.6 Å². The summed E-state index contributed by atoms with van der Waals surface area (Å²) in [6.45, 7) is 6.63. The van der Waals surface area contributed by atoms with E-state index in [0.29, 0.717) is 17.5 Å². The molecule has 0 radical (unpaired) electrons. The van der Waals surface area contributed by atoms with E-state index in [0.717, 1.165) is 10.2 Å². The van der Waals surface area contributed by atoms with Crippen LogP contribution in [0.15, 0.2) is 22.7 Å². The van der Waals surface area contributed by atoms with Gasteiger partial charge in [0.1, 0.15) is 0 Å². The number of halogens is 1. The van der Waals surface area contributed by atoms with Crippen molar-refractivity contribution in [1.29, 1.82) is 5.26 Å². The van der Waals surface area contributed by atoms with Gasteiger partial charge in [0.15, 0.2) is 0 Å². The lowest BCUT2D eigenvalue weighted by molar-refractivity contribution is 0.438. The van der Waals surface area contributed by atoms with E-state index in [1.165, 1.54) is 12.8 Å². The number of nitriles is 1. The highest BCUT2D eigenvalue weighted by Gasteiger charge is 2.13. The predicted molar refractivity (Wildman–Crippen MR) is 76.0 cm³/mol. The summed E-state index contributed by atoms with van der Waals surface area (Å²) in [5.74, 6) is 0.666. The van der Waals surface area contributed by atoms with Crippen molar-refractivity contribution >= 4 is 21.6 Å². The van der Waals surface area contributed by atoms with E-state index < -0.39 is 0 Å². The van der Waals surface area contributed by atoms with Crippen LogP contribution in [0.2, 0.25) is 0 Å². The number of benzene rings is 1. The van der Waals surface area contributed by atoms with Crippen molar-refractivity contribution in [2.75, 3.05) is 5.32 Å². The summed E-state index contributed by atoms with van der Waals surface area (Å²) in [7, 11) is 0. The van der Waals surface area contributed by atoms with Crippen LogP contribution in [0.5, 0.6) is 0 Å². The highest BCUT2D eigenvalue weighted by molar-refractivity contribution is 9.10. The molecule has 1 rings (SSSR count). The molecule has 1 unspecified atom stereocenters. The molecule has 0 bridgehead atoms. The summed E-state index contributed by atoms with van der Waals surface area (Å²) in [5.41, 5.74) is 1.69. The molecule has 0 aliphatic heterocycles. The largest absolute Gasteiger partial charge is 0.382 e. The smallest absolute Gasteiger partial charge is 0.0992 e. The Morgan fingerprint density at radius 1 is 1.29 bits per heavy atom. The van der Waals surface area contributed by atoms with Gasteiger partial charge in [-0.25, -0.2) is 0 Å². The van der Waals surface area contributed by atoms with Crippen LogP contribution in [0.4, 0.5) is 5.69 Å². The Hall–Kier alpha value is -1.01. The molecular weight excluding hydrogens is 276 g/mol. The van der Waals surface area contributed by atoms with Gasteiger partial charge >= 0.3 is 0 Å². The summed E-state index contributed by atoms with van der Waals surface area (Å²) in [5, 5.41) is 12.4. The highest BCUT2D eigenvalue weighted by Crippen LogP contribution is 2.22. The van der Waals surface area contributed by atoms with Crippen molar-refractivity contribution in [3.05, 3.63) is 28.2 Å². The first-order chi connectivity index (χ1) is 8.10. The SMILES string of the molecule is CCC(CC)C(C)Nc1cc(Br)cc(C#N)c1. The second-order valence-electron chi connectivity index (χ2n) is 4.35. The zero-order chi connectivity index (χ0) is 12.8. The van der Waals surface area contributed by atoms with Gasteiger partial charge < -0.3 is 5.32 Å². The van der Waals surface area contributed by atoms with Crippen LogP contribution < -0.4 is 5.32 Å². The maximum absolute atomic E-state index is 8.92. The van der Waals surface area contributed by atoms with Crippen molar-refractivity contribution in [2.24, 2.45) is 5.92 Å². The Balaban J connectivity index is 2.81. The molecule has 0 saturated carbocycles. The number of rotatable bonds is 5. The average Bonchev–Trinajstić information content (AvgIpc) is 2.29. The van der Waals surface area contributed by atoms with Crippen LogP contribution >= 0.6 is 15.9 Å². The van der Waals surface area contributed by atoms with Gasteiger partial charge in [-0.3, -0.25) is 0 Å². The highest BCUT2D eigenvalue weighted by atomic mass is 79.9. The molecule has 2 nitrogen and oxygen atoms in total. The lowest BCUT2D eigenvalue weighted by atomic mass is 9.95. The molecule has 92 valence electrons. The minimum absolute atomic E-state index is 0.422. The van der Waals surface area contributed by atoms with E-state index in [2.05, 4.69) is 48.1 Å². The van der Waals surface area contributed by atoms with E-state index in [1.54, 1.807) is 0 Å². The molecule has 0 aromatic heterocycles. The molecule has 0 saturated heterocycles. The Morgan fingerprint density at radius 2 is 1.94 bits per heavy atom. The molecule has 0 amide bonds. The number of anilines is 1. The van der Waals surface area contributed by atoms with Crippen molar-refractivity contribution in [3.8, 4) is 6.07 Å². The molecule has 1 atom stereocenters. The molecule has 0 fully saturated rings. The third-order valence-electron chi connectivity index (χ3n) is 3.18. The zero-order valence-electron chi connectivity index (χ0n) is 10.6. The molecule has 0 heterocycles. The summed E-state index contributed by atoms with van der Waals surface area (Å²) in [6.07, 6.45) is 2.34. The molecular formula is C14H19BrN2. The normalized spacial score (nSPS) is 12.2. The fraction of sp³-hybridized carbons (Fsp3) is 0.500. The van der Waals surface area contributed by atoms with Gasteiger partial charge in [-0.1, -0.05) is 42.6 Å². The lowest BCUT2D eigenvalue weighted by Crippen LogP contribution is -2.24. The van der Waals surface area contributed by atoms with Crippen LogP contribution in [-0.4, -0.2) is 6.04 Å². The van der Waals surface area contributed by atoms with Gasteiger partial charge in [-0.2, -0.15) is 5.26 Å². The molecule has 0 aliphatic carbocycles. The van der Waals surface area contributed by atoms with Gasteiger partial charge in [0, 0.05) is 16.2 Å². The fourth-order valence-electron chi connectivity index (χ4n) is 2.11. The second kappa shape index (κ2) is 6.66. The number of nitrogens with one attached hydrogen (secondary N) is 1. The van der Waals surface area contributed by atoms with Gasteiger partial charge in [0.25, 0.3) is 0 Å². The first-order valence-corrected chi connectivity index (χ1v) is 6.87. The predicted octanol–water partition coefficient (Wildman–Crippen LogP) is 4.56. The average molecular weight is 295 g/mol. The molecule has 17 heavy (non-hydrogen) atoms. The van der Waals surface area contributed by atoms with Crippen LogP contribution in [-0.2, 0) is 0 Å². The quantitative estimate of drug-likeness (QED) is 0.864. The molecule has 1 aromatic carbocycles. The monoisotopic (exact) mass is 294 g/mol. The Morgan fingerprint density at radius 3 is 2.47 bits per heavy atom. The first-order valence-electron chi connectivity index (χ1n) is 6.07. The standard InChI is InChI=1S/C14H19BrN2/c1-4-12(5-2)10(3)17-14-7-11(9-16)6-13(15)8-14/h6-8,10,12,17H,4-5H2,1-3H3. The summed E-state index contributed by atoms with van der Waals surface area (Å²) >= 11 is 3.42. The zero-order valence-corrected chi connectivity index (χ0v) is 12.2. The van der Waals surface area contributed by atoms with Crippen LogP contribution in [0.1, 0.15) is 39.2 Å². The molecule has 3 heteroatoms. The van der Waals surface area contributed by atoms with E-state index in [9.17, 15) is 0 Å². The molecule has 0 aliphatic rings. The molecule has 1 aromatic rings. The topological polar surface area (TPSA) is 35.8 Å². The van der Waals surface area contributed by atoms with Gasteiger partial charge in [-0.15, -0.1) is 0 Å². The summed E-state index contributed by atoms with van der Waals surface area (Å²) in [4.78, 5) is 0. The minimum atomic E-state index is 0.422. The van der Waals surface area contributed by atoms with E-state index in [4.69, 9.17) is 5.26 Å². The fourth-order valence-corrected chi connectivity index (χ4v) is 2.61. The summed E-state index contributed by atoms with van der Waals surface area (Å²) in [6, 6.07) is 8.32. The lowest BCUT2D eigenvalue weighted by Gasteiger charge is -2.23. The first kappa shape index (κ1) is 14.1. The maximum atomic E-state index is 8.92. The van der Waals surface area contributed by atoms with Crippen molar-refractivity contribution in [1.82, 2.24) is 0 Å². The Bertz CT molecular complexity index is 405. The number of hydrogen-bond acceptors (Lipinski definition) is 2. The third-order valence-corrected chi connectivity index (χ3v) is 3.63. The van der Waals surface area contributed by atoms with Gasteiger partial charge in [-0.05, 0) is 31.0 Å². The van der Waals surface area contributed by atoms with Crippen LogP contribution in [0, 0.1) is 17.2 Å². The van der Waals surface area contributed by atoms with E-state index in [-0.39, 0.29) is 0 Å². The van der Waals surface area contributed by atoms with E-state index in [1.807, 2.05) is 18.2 Å². The maximum Gasteiger partial charge on any atom is 0.0992 e. The minimum Gasteiger partial charge on any atom is -0.382 e. The van der Waals surface area contributed by atoms with Crippen LogP contribution in [0.3, 0.4) is 0 Å². The molecule has 1 N–H and O–H groups in total. The van der Waals surface area contributed by atoms with Crippen LogP contribution in [0.25, 0.3) is 0 Å². The van der Waals surface area contributed by atoms with Gasteiger partial charge in [0.2, 0.25) is 0 Å². The van der Waals surface area contributed by atoms with Crippen molar-refractivity contribution in [2.45, 2.75) is 39.7 Å². The van der Waals surface area contributed by atoms with E-state index >= 15 is 0 Å². The Kier molecular flexibility index (Phi) is 5.50. The van der Waals surface area contributed by atoms with Crippen molar-refractivity contribution in [3.63, 3.8) is 0 Å². The Labute approximate surface area is 112 Å². The molecule has 0 spiro atoms. The summed E-state index contributed by atoms with van der Waals surface area (Å²) < 4.78 is 0.941. The second-order valence-corrected chi connectivity index (χ2v) is 5.27. The number of hydrogen-bond donors (Lipinski definition) is 1.